The first-order chi connectivity index (χ1) is 9.65. The Morgan fingerprint density at radius 2 is 2.15 bits per heavy atom. The Hall–Kier alpha value is -2.24. The fourth-order valence-corrected chi connectivity index (χ4v) is 2.77. The molecule has 3 amide bonds. The van der Waals surface area contributed by atoms with E-state index in [2.05, 4.69) is 15.6 Å². The SMILES string of the molecule is O=C1CC[C@H](NC(=O)C2CCc3cccnc32)C(=O)N1. The third kappa shape index (κ3) is 2.29. The topological polar surface area (TPSA) is 88.2 Å². The summed E-state index contributed by atoms with van der Waals surface area (Å²) in [6.45, 7) is 0. The number of aromatic nitrogens is 1. The van der Waals surface area contributed by atoms with Crippen LogP contribution < -0.4 is 10.6 Å². The van der Waals surface area contributed by atoms with E-state index in [0.29, 0.717) is 12.8 Å². The van der Waals surface area contributed by atoms with Gasteiger partial charge in [-0.25, -0.2) is 0 Å². The van der Waals surface area contributed by atoms with Gasteiger partial charge in [0, 0.05) is 12.6 Å². The van der Waals surface area contributed by atoms with Crippen molar-refractivity contribution in [1.29, 1.82) is 0 Å². The van der Waals surface area contributed by atoms with Crippen LogP contribution in [-0.2, 0) is 20.8 Å². The predicted octanol–water partition coefficient (Wildman–Crippen LogP) is 0.0328. The molecule has 2 atom stereocenters. The van der Waals surface area contributed by atoms with E-state index >= 15 is 0 Å². The van der Waals surface area contributed by atoms with E-state index in [1.54, 1.807) is 6.20 Å². The molecule has 1 aliphatic heterocycles. The van der Waals surface area contributed by atoms with Crippen LogP contribution in [0.2, 0.25) is 0 Å². The fraction of sp³-hybridized carbons (Fsp3) is 0.429. The van der Waals surface area contributed by atoms with Crippen LogP contribution in [0.15, 0.2) is 18.3 Å². The van der Waals surface area contributed by atoms with E-state index in [9.17, 15) is 14.4 Å². The Kier molecular flexibility index (Phi) is 3.22. The van der Waals surface area contributed by atoms with E-state index < -0.39 is 11.9 Å². The number of piperidine rings is 1. The number of pyridine rings is 1. The summed E-state index contributed by atoms with van der Waals surface area (Å²) in [5.41, 5.74) is 1.90. The molecule has 2 aliphatic rings. The highest BCUT2D eigenvalue weighted by molar-refractivity contribution is 6.02. The number of nitrogens with one attached hydrogen (secondary N) is 2. The summed E-state index contributed by atoms with van der Waals surface area (Å²) in [6.07, 6.45) is 3.84. The van der Waals surface area contributed by atoms with E-state index in [-0.39, 0.29) is 24.2 Å². The third-order valence-corrected chi connectivity index (χ3v) is 3.83. The summed E-state index contributed by atoms with van der Waals surface area (Å²) in [7, 11) is 0. The summed E-state index contributed by atoms with van der Waals surface area (Å²) in [6, 6.07) is 3.22. The van der Waals surface area contributed by atoms with Crippen molar-refractivity contribution in [2.75, 3.05) is 0 Å². The number of amides is 3. The number of fused-ring (bicyclic) bond motifs is 1. The molecule has 1 aromatic heterocycles. The lowest BCUT2D eigenvalue weighted by molar-refractivity contribution is -0.137. The van der Waals surface area contributed by atoms with Gasteiger partial charge in [0.15, 0.2) is 0 Å². The first-order valence-electron chi connectivity index (χ1n) is 6.73. The van der Waals surface area contributed by atoms with Crippen LogP contribution >= 0.6 is 0 Å². The quantitative estimate of drug-likeness (QED) is 0.744. The molecule has 3 rings (SSSR count). The van der Waals surface area contributed by atoms with E-state index in [1.807, 2.05) is 12.1 Å². The van der Waals surface area contributed by atoms with Crippen LogP contribution in [0.4, 0.5) is 0 Å². The van der Waals surface area contributed by atoms with Crippen LogP contribution in [-0.4, -0.2) is 28.7 Å². The number of rotatable bonds is 2. The zero-order valence-corrected chi connectivity index (χ0v) is 10.9. The molecule has 1 aromatic rings. The average Bonchev–Trinajstić information content (AvgIpc) is 2.86. The molecule has 20 heavy (non-hydrogen) atoms. The molecule has 0 saturated carbocycles. The van der Waals surface area contributed by atoms with Gasteiger partial charge in [-0.2, -0.15) is 0 Å². The molecule has 1 unspecified atom stereocenters. The summed E-state index contributed by atoms with van der Waals surface area (Å²) in [5, 5.41) is 4.97. The fourth-order valence-electron chi connectivity index (χ4n) is 2.77. The van der Waals surface area contributed by atoms with Crippen molar-refractivity contribution in [3.63, 3.8) is 0 Å². The highest BCUT2D eigenvalue weighted by atomic mass is 16.2. The Morgan fingerprint density at radius 1 is 1.30 bits per heavy atom. The normalized spacial score (nSPS) is 25.0. The monoisotopic (exact) mass is 273 g/mol. The summed E-state index contributed by atoms with van der Waals surface area (Å²) >= 11 is 0. The molecular formula is C14H15N3O3. The molecule has 0 spiro atoms. The van der Waals surface area contributed by atoms with E-state index in [1.165, 1.54) is 0 Å². The third-order valence-electron chi connectivity index (χ3n) is 3.83. The van der Waals surface area contributed by atoms with Gasteiger partial charge in [0.05, 0.1) is 11.6 Å². The largest absolute Gasteiger partial charge is 0.344 e. The summed E-state index contributed by atoms with van der Waals surface area (Å²) in [4.78, 5) is 39.3. The first-order valence-corrected chi connectivity index (χ1v) is 6.73. The zero-order valence-electron chi connectivity index (χ0n) is 10.9. The Morgan fingerprint density at radius 3 is 2.95 bits per heavy atom. The highest BCUT2D eigenvalue weighted by Crippen LogP contribution is 2.31. The number of carbonyl (C=O) groups is 3. The number of hydrogen-bond donors (Lipinski definition) is 2. The smallest absolute Gasteiger partial charge is 0.249 e. The van der Waals surface area contributed by atoms with E-state index in [4.69, 9.17) is 0 Å². The van der Waals surface area contributed by atoms with Crippen molar-refractivity contribution in [2.45, 2.75) is 37.6 Å². The maximum absolute atomic E-state index is 12.3. The van der Waals surface area contributed by atoms with Gasteiger partial charge in [-0.3, -0.25) is 24.7 Å². The van der Waals surface area contributed by atoms with Crippen molar-refractivity contribution in [3.05, 3.63) is 29.6 Å². The second kappa shape index (κ2) is 5.03. The van der Waals surface area contributed by atoms with Gasteiger partial charge in [-0.15, -0.1) is 0 Å². The van der Waals surface area contributed by atoms with Crippen molar-refractivity contribution >= 4 is 17.7 Å². The van der Waals surface area contributed by atoms with Gasteiger partial charge in [0.25, 0.3) is 0 Å². The van der Waals surface area contributed by atoms with Crippen LogP contribution in [0.25, 0.3) is 0 Å². The van der Waals surface area contributed by atoms with Gasteiger partial charge < -0.3 is 5.32 Å². The summed E-state index contributed by atoms with van der Waals surface area (Å²) in [5.74, 6) is -1.18. The van der Waals surface area contributed by atoms with Crippen LogP contribution in [0.1, 0.15) is 36.4 Å². The summed E-state index contributed by atoms with van der Waals surface area (Å²) < 4.78 is 0. The Balaban J connectivity index is 1.69. The van der Waals surface area contributed by atoms with Gasteiger partial charge in [0.2, 0.25) is 17.7 Å². The first kappa shape index (κ1) is 12.8. The molecule has 0 bridgehead atoms. The van der Waals surface area contributed by atoms with Gasteiger partial charge in [0.1, 0.15) is 6.04 Å². The predicted molar refractivity (Wildman–Crippen MR) is 69.6 cm³/mol. The lowest BCUT2D eigenvalue weighted by Crippen LogP contribution is -2.53. The minimum Gasteiger partial charge on any atom is -0.344 e. The molecular weight excluding hydrogens is 258 g/mol. The molecule has 1 aliphatic carbocycles. The number of carbonyl (C=O) groups excluding carboxylic acids is 3. The molecule has 1 saturated heterocycles. The molecule has 6 heteroatoms. The number of aryl methyl sites for hydroxylation is 1. The van der Waals surface area contributed by atoms with Crippen LogP contribution in [0.5, 0.6) is 0 Å². The Bertz CT molecular complexity index is 585. The van der Waals surface area contributed by atoms with Gasteiger partial charge in [-0.05, 0) is 30.9 Å². The molecule has 0 aromatic carbocycles. The molecule has 2 heterocycles. The zero-order chi connectivity index (χ0) is 14.1. The second-order valence-electron chi connectivity index (χ2n) is 5.15. The second-order valence-corrected chi connectivity index (χ2v) is 5.15. The minimum atomic E-state index is -0.618. The molecule has 1 fully saturated rings. The van der Waals surface area contributed by atoms with Gasteiger partial charge in [-0.1, -0.05) is 6.07 Å². The standard InChI is InChI=1S/C14H15N3O3/c18-11-6-5-10(14(20)17-11)16-13(19)9-4-3-8-2-1-7-15-12(8)9/h1-2,7,9-10H,3-6H2,(H,16,19)(H,17,18,20)/t9?,10-/m0/s1. The van der Waals surface area contributed by atoms with Crippen molar-refractivity contribution in [2.24, 2.45) is 0 Å². The molecule has 104 valence electrons. The number of imide groups is 1. The highest BCUT2D eigenvalue weighted by Gasteiger charge is 2.34. The maximum Gasteiger partial charge on any atom is 0.249 e. The minimum absolute atomic E-state index is 0.183. The lowest BCUT2D eigenvalue weighted by atomic mass is 10.0. The van der Waals surface area contributed by atoms with Crippen molar-refractivity contribution < 1.29 is 14.4 Å². The maximum atomic E-state index is 12.3. The molecule has 0 radical (unpaired) electrons. The Labute approximate surface area is 116 Å². The molecule has 6 nitrogen and oxygen atoms in total. The van der Waals surface area contributed by atoms with Gasteiger partial charge >= 0.3 is 0 Å². The number of hydrogen-bond acceptors (Lipinski definition) is 4. The number of nitrogens with zero attached hydrogens (tertiary/aromatic N) is 1. The molecule has 2 N–H and O–H groups in total. The van der Waals surface area contributed by atoms with Crippen molar-refractivity contribution in [3.8, 4) is 0 Å². The average molecular weight is 273 g/mol. The lowest BCUT2D eigenvalue weighted by Gasteiger charge is -2.23. The van der Waals surface area contributed by atoms with Crippen molar-refractivity contribution in [1.82, 2.24) is 15.6 Å². The van der Waals surface area contributed by atoms with Crippen LogP contribution in [0, 0.1) is 0 Å². The van der Waals surface area contributed by atoms with E-state index in [0.717, 1.165) is 17.7 Å². The van der Waals surface area contributed by atoms with Crippen LogP contribution in [0.3, 0.4) is 0 Å².